The van der Waals surface area contributed by atoms with Gasteiger partial charge in [0.15, 0.2) is 17.4 Å². The second-order valence-electron chi connectivity index (χ2n) is 24.7. The van der Waals surface area contributed by atoms with E-state index in [1.807, 2.05) is 48.5 Å². The van der Waals surface area contributed by atoms with Gasteiger partial charge in [0.05, 0.1) is 37.9 Å². The molecule has 11 rings (SSSR count). The van der Waals surface area contributed by atoms with E-state index in [4.69, 9.17) is 44.1 Å². The summed E-state index contributed by atoms with van der Waals surface area (Å²) in [5.41, 5.74) is 3.53. The minimum atomic E-state index is -4.31. The van der Waals surface area contributed by atoms with Crippen LogP contribution in [0, 0.1) is 23.7 Å². The van der Waals surface area contributed by atoms with Crippen molar-refractivity contribution in [2.75, 3.05) is 35.8 Å². The number of carbonyl (C=O) groups excluding carboxylic acids is 6. The van der Waals surface area contributed by atoms with Crippen LogP contribution in [0.25, 0.3) is 11.2 Å². The van der Waals surface area contributed by atoms with Crippen LogP contribution in [0.1, 0.15) is 110 Å². The van der Waals surface area contributed by atoms with Gasteiger partial charge in [0, 0.05) is 67.5 Å². The Bertz CT molecular complexity index is 4410. The van der Waals surface area contributed by atoms with Crippen molar-refractivity contribution >= 4 is 102 Å². The molecule has 0 radical (unpaired) electrons. The highest BCUT2D eigenvalue weighted by molar-refractivity contribution is 8.44. The lowest BCUT2D eigenvalue weighted by atomic mass is 10.0. The van der Waals surface area contributed by atoms with Crippen molar-refractivity contribution < 1.29 is 75.6 Å². The molecule has 526 valence electrons. The number of H-pyrrole nitrogens is 1. The number of fused-ring (bicyclic) bond motifs is 6. The summed E-state index contributed by atoms with van der Waals surface area (Å²) in [7, 11) is 1.47. The molecule has 100 heavy (non-hydrogen) atoms. The van der Waals surface area contributed by atoms with Gasteiger partial charge in [-0.3, -0.25) is 48.2 Å². The fourth-order valence-electron chi connectivity index (χ4n) is 11.9. The number of carbonyl (C=O) groups is 6. The minimum absolute atomic E-state index is 0.0819. The molecule has 1 saturated carbocycles. The molecule has 3 aliphatic heterocycles. The summed E-state index contributed by atoms with van der Waals surface area (Å²) in [4.78, 5) is 128. The number of thiol groups is 1. The van der Waals surface area contributed by atoms with Crippen molar-refractivity contribution in [2.24, 2.45) is 11.8 Å². The van der Waals surface area contributed by atoms with Crippen molar-refractivity contribution in [1.82, 2.24) is 45.0 Å². The molecule has 0 spiro atoms. The molecule has 4 aliphatic rings. The summed E-state index contributed by atoms with van der Waals surface area (Å²) in [5.74, 6) is 3.50. The number of amides is 6. The number of imidazole rings is 1. The van der Waals surface area contributed by atoms with Crippen molar-refractivity contribution in [3.63, 3.8) is 0 Å². The van der Waals surface area contributed by atoms with E-state index in [2.05, 4.69) is 70.3 Å². The normalized spacial score (nSPS) is 23.3. The van der Waals surface area contributed by atoms with E-state index in [1.54, 1.807) is 67.3 Å². The smallest absolute Gasteiger partial charge is 0.410 e. The van der Waals surface area contributed by atoms with Crippen LogP contribution in [0.5, 0.6) is 5.88 Å². The zero-order valence-corrected chi connectivity index (χ0v) is 58.2. The Balaban J connectivity index is 0.641. The van der Waals surface area contributed by atoms with Gasteiger partial charge >= 0.3 is 19.6 Å². The number of aromatic amines is 1. The molecule has 6 heterocycles. The Morgan fingerprint density at radius 2 is 1.61 bits per heavy atom. The predicted octanol–water partition coefficient (Wildman–Crippen LogP) is 7.60. The molecule has 2 saturated heterocycles. The number of hydrogen-bond acceptors (Lipinski definition) is 21. The second kappa shape index (κ2) is 32.3. The highest BCUT2D eigenvalue weighted by Crippen LogP contribution is 2.58. The summed E-state index contributed by atoms with van der Waals surface area (Å²) >= 11 is 9.66. The molecular formula is C67H74N12O17P2S2. The molecule has 4 aromatic carbocycles. The van der Waals surface area contributed by atoms with Crippen molar-refractivity contribution in [3.8, 4) is 17.7 Å². The largest absolute Gasteiger partial charge is 0.474 e. The van der Waals surface area contributed by atoms with Gasteiger partial charge in [0.1, 0.15) is 49.4 Å². The lowest BCUT2D eigenvalue weighted by molar-refractivity contribution is -0.131. The maximum Gasteiger partial charge on any atom is 0.410 e. The van der Waals surface area contributed by atoms with Gasteiger partial charge in [-0.05, 0) is 109 Å². The van der Waals surface area contributed by atoms with Crippen LogP contribution in [0.4, 0.5) is 22.1 Å². The van der Waals surface area contributed by atoms with E-state index in [0.717, 1.165) is 22.4 Å². The Morgan fingerprint density at radius 1 is 0.870 bits per heavy atom. The molecule has 3 fully saturated rings. The number of nitrogens with zero attached hydrogens (tertiary/aromatic N) is 7. The fraction of sp³-hybridized carbons (Fsp3) is 0.388. The van der Waals surface area contributed by atoms with E-state index in [1.165, 1.54) is 48.4 Å². The third kappa shape index (κ3) is 18.2. The summed E-state index contributed by atoms with van der Waals surface area (Å²) in [5, 5.41) is 22.5. The average molecular weight is 1450 g/mol. The molecule has 29 nitrogen and oxygen atoms in total. The number of aliphatic hydroxyl groups is 1. The van der Waals surface area contributed by atoms with E-state index < -0.39 is 98.3 Å². The molecule has 6 amide bonds. The molecule has 7 aromatic rings. The molecule has 3 aromatic heterocycles. The number of anilines is 3. The minimum Gasteiger partial charge on any atom is -0.474 e. The number of nitrogens with one attached hydrogen (secondary N) is 5. The first-order valence-electron chi connectivity index (χ1n) is 32.2. The van der Waals surface area contributed by atoms with Crippen molar-refractivity contribution in [3.05, 3.63) is 166 Å². The predicted molar refractivity (Wildman–Crippen MR) is 371 cm³/mol. The number of benzene rings is 4. The quantitative estimate of drug-likeness (QED) is 0.0157. The Kier molecular flexibility index (Phi) is 23.4. The van der Waals surface area contributed by atoms with Crippen LogP contribution in [-0.2, 0) is 82.8 Å². The highest BCUT2D eigenvalue weighted by atomic mass is 32.7. The molecule has 11 atom stereocenters. The number of hydrogen-bond donors (Lipinski definition) is 8. The SMILES string of the molecule is CC(C)[C@H](NC(=O)CCCCC(=O)N1Cc2ccccc2C#Cc2ccccc21)C(=O)N[C@@H](C)C(=O)Nc1ccc(COC(=O)N(C)Cc2ccccc2C(=O)Nc2nc3c(ncn3[C@@H]3O[C@@H]4COP(O)(=S)O[C@H]5C[C@H](Oc6ccncn6)C[C@@H]5CCOP(=O)(S)O[C@@H]3[C@@H]4O)c(=O)[nH]2)cc1. The Labute approximate surface area is 584 Å². The standard InChI is InChI=1S/C67H74N12O17P2S2/c1-39(2)56(73-53(80)19-11-12-20-55(81)78-34-45-15-6-5-13-42(45)23-24-43-14-8-10-18-50(43)78)63(85)71-40(3)61(83)72-47-25-21-41(22-26-47)35-90-67(87)77(4)33-46-16-7-9-17-49(46)62(84)75-66-74-60-57(64(86)76-66)70-38-79(60)65-59-58(82)52(94-65)36-92-98(89,100)95-51-32-48(93-54-27-29-68-37-69-54)31-44(51)28-30-91-97(88,99)96-59/h5-10,13-18,21-22,25-27,29,37-40,44,48,51-52,56,58-59,65,82H,11-12,19-20,28,30-36H2,1-4H3,(H,71,85)(H,72,83)(H,73,80)(H,88,99)(H,89,100)(H2,74,75,76,84,86)/t40-,44-,48+,51-,52+,56-,58+,59+,65+,97?,98?/m0/s1. The zero-order valence-electron chi connectivity index (χ0n) is 54.7. The zero-order chi connectivity index (χ0) is 70.8. The van der Waals surface area contributed by atoms with Crippen LogP contribution in [0.3, 0.4) is 0 Å². The maximum atomic E-state index is 14.1. The lowest BCUT2D eigenvalue weighted by Crippen LogP contribution is -2.53. The van der Waals surface area contributed by atoms with Crippen LogP contribution >= 0.6 is 25.8 Å². The molecule has 33 heteroatoms. The number of rotatable bonds is 20. The van der Waals surface area contributed by atoms with E-state index in [0.29, 0.717) is 48.5 Å². The van der Waals surface area contributed by atoms with Crippen LogP contribution < -0.4 is 36.5 Å². The number of aliphatic hydroxyl groups excluding tert-OH is 1. The summed E-state index contributed by atoms with van der Waals surface area (Å²) in [6, 6.07) is 27.7. The monoisotopic (exact) mass is 1440 g/mol. The fourth-order valence-corrected chi connectivity index (χ4v) is 15.0. The average Bonchev–Trinajstić information content (AvgIpc) is 1.60. The topological polar surface area (TPSA) is 369 Å². The van der Waals surface area contributed by atoms with Gasteiger partial charge < -0.3 is 63.5 Å². The third-order valence-corrected chi connectivity index (χ3v) is 20.4. The van der Waals surface area contributed by atoms with Gasteiger partial charge in [0.2, 0.25) is 35.5 Å². The Hall–Kier alpha value is -8.76. The van der Waals surface area contributed by atoms with Gasteiger partial charge in [-0.1, -0.05) is 98.6 Å². The van der Waals surface area contributed by atoms with Crippen LogP contribution in [-0.4, -0.2) is 143 Å². The Morgan fingerprint density at radius 3 is 2.39 bits per heavy atom. The van der Waals surface area contributed by atoms with Gasteiger partial charge in [-0.2, -0.15) is 4.98 Å². The molecule has 2 unspecified atom stereocenters. The van der Waals surface area contributed by atoms with Crippen molar-refractivity contribution in [1.29, 1.82) is 0 Å². The highest BCUT2D eigenvalue weighted by Gasteiger charge is 2.51. The van der Waals surface area contributed by atoms with Gasteiger partial charge in [-0.15, -0.1) is 0 Å². The summed E-state index contributed by atoms with van der Waals surface area (Å²) in [6.45, 7) is -3.88. The number of ether oxygens (including phenoxy) is 3. The maximum absolute atomic E-state index is 14.1. The molecule has 2 bridgehead atoms. The number of aromatic nitrogens is 6. The molecular weight excluding hydrogens is 1370 g/mol. The van der Waals surface area contributed by atoms with Crippen molar-refractivity contribution in [2.45, 2.75) is 134 Å². The van der Waals surface area contributed by atoms with Crippen LogP contribution in [0.2, 0.25) is 0 Å². The second-order valence-corrected chi connectivity index (χ2v) is 30.4. The molecule has 1 aliphatic carbocycles. The summed E-state index contributed by atoms with van der Waals surface area (Å²) in [6.07, 6.45) is -1.66. The summed E-state index contributed by atoms with van der Waals surface area (Å²) < 4.78 is 56.4. The lowest BCUT2D eigenvalue weighted by Gasteiger charge is -2.27. The first-order valence-corrected chi connectivity index (χ1v) is 37.5. The van der Waals surface area contributed by atoms with E-state index in [-0.39, 0.29) is 91.8 Å². The van der Waals surface area contributed by atoms with Gasteiger partial charge in [0.25, 0.3) is 11.5 Å². The van der Waals surface area contributed by atoms with Crippen LogP contribution in [0.15, 0.2) is 127 Å². The third-order valence-electron chi connectivity index (χ3n) is 17.1. The number of para-hydroxylation sites is 1. The van der Waals surface area contributed by atoms with E-state index in [9.17, 15) is 48.1 Å². The first-order chi connectivity index (χ1) is 47.9. The number of unbranched alkanes of at least 4 members (excludes halogenated alkanes) is 1. The van der Waals surface area contributed by atoms with Gasteiger partial charge in [-0.25, -0.2) is 24.3 Å². The van der Waals surface area contributed by atoms with E-state index >= 15 is 0 Å². The molecule has 7 N–H and O–H groups in total. The first kappa shape index (κ1) is 72.5.